The van der Waals surface area contributed by atoms with Crippen molar-refractivity contribution in [2.75, 3.05) is 13.2 Å². The average Bonchev–Trinajstić information content (AvgIpc) is 3.40. The number of ether oxygens (including phenoxy) is 2. The van der Waals surface area contributed by atoms with Crippen molar-refractivity contribution >= 4 is 5.91 Å². The molecule has 132 valence electrons. The number of hydrogen-bond acceptors (Lipinski definition) is 3. The Labute approximate surface area is 147 Å². The highest BCUT2D eigenvalue weighted by atomic mass is 19.1. The van der Waals surface area contributed by atoms with E-state index in [0.29, 0.717) is 6.61 Å². The van der Waals surface area contributed by atoms with E-state index in [1.807, 2.05) is 37.3 Å². The molecule has 0 saturated heterocycles. The molecule has 1 saturated carbocycles. The van der Waals surface area contributed by atoms with Crippen LogP contribution in [-0.2, 0) is 9.53 Å². The number of benzene rings is 2. The minimum atomic E-state index is -0.417. The van der Waals surface area contributed by atoms with E-state index in [0.717, 1.165) is 12.0 Å². The second kappa shape index (κ2) is 8.12. The Morgan fingerprint density at radius 3 is 2.64 bits per heavy atom. The molecule has 2 aromatic rings. The van der Waals surface area contributed by atoms with Crippen LogP contribution in [0, 0.1) is 11.7 Å². The number of halogens is 1. The summed E-state index contributed by atoms with van der Waals surface area (Å²) in [5, 5.41) is 3.01. The van der Waals surface area contributed by atoms with Crippen molar-refractivity contribution in [2.24, 2.45) is 5.92 Å². The molecule has 2 aromatic carbocycles. The van der Waals surface area contributed by atoms with Crippen molar-refractivity contribution in [3.63, 3.8) is 0 Å². The summed E-state index contributed by atoms with van der Waals surface area (Å²) in [4.78, 5) is 12.4. The van der Waals surface area contributed by atoms with Crippen molar-refractivity contribution in [1.29, 1.82) is 0 Å². The van der Waals surface area contributed by atoms with Gasteiger partial charge in [0.05, 0.1) is 18.1 Å². The Hall–Kier alpha value is -2.40. The summed E-state index contributed by atoms with van der Waals surface area (Å²) in [6.45, 7) is 2.68. The fraction of sp³-hybridized carbons (Fsp3) is 0.350. The standard InChI is InChI=1S/C20H22FNO3/c1-2-24-19-12-15(19)20(23)22-17(14-8-4-3-5-9-14)13-25-18-11-7-6-10-16(18)21/h3-11,15,17,19H,2,12-13H2,1H3,(H,22,23). The summed E-state index contributed by atoms with van der Waals surface area (Å²) in [6, 6.07) is 15.4. The van der Waals surface area contributed by atoms with Crippen molar-refractivity contribution in [3.05, 3.63) is 66.0 Å². The minimum Gasteiger partial charge on any atom is -0.488 e. The van der Waals surface area contributed by atoms with E-state index in [1.165, 1.54) is 6.07 Å². The number of amides is 1. The van der Waals surface area contributed by atoms with Gasteiger partial charge in [-0.2, -0.15) is 0 Å². The second-order valence-electron chi connectivity index (χ2n) is 6.05. The van der Waals surface area contributed by atoms with Crippen molar-refractivity contribution < 1.29 is 18.7 Å². The number of carbonyl (C=O) groups excluding carboxylic acids is 1. The van der Waals surface area contributed by atoms with Crippen LogP contribution in [0.4, 0.5) is 4.39 Å². The lowest BCUT2D eigenvalue weighted by atomic mass is 10.1. The van der Waals surface area contributed by atoms with Crippen LogP contribution in [-0.4, -0.2) is 25.2 Å². The fourth-order valence-electron chi connectivity index (χ4n) is 2.77. The van der Waals surface area contributed by atoms with Crippen molar-refractivity contribution in [3.8, 4) is 5.75 Å². The summed E-state index contributed by atoms with van der Waals surface area (Å²) in [5.41, 5.74) is 0.917. The Balaban J connectivity index is 1.66. The summed E-state index contributed by atoms with van der Waals surface area (Å²) in [5.74, 6) is -0.403. The summed E-state index contributed by atoms with van der Waals surface area (Å²) in [6.07, 6.45) is 0.754. The maximum Gasteiger partial charge on any atom is 0.226 e. The van der Waals surface area contributed by atoms with Gasteiger partial charge in [-0.15, -0.1) is 0 Å². The molecule has 0 spiro atoms. The van der Waals surface area contributed by atoms with Crippen molar-refractivity contribution in [1.82, 2.24) is 5.32 Å². The van der Waals surface area contributed by atoms with E-state index >= 15 is 0 Å². The first-order valence-electron chi connectivity index (χ1n) is 8.53. The molecule has 25 heavy (non-hydrogen) atoms. The molecular formula is C20H22FNO3. The summed E-state index contributed by atoms with van der Waals surface area (Å²) < 4.78 is 24.8. The van der Waals surface area contributed by atoms with Crippen LogP contribution >= 0.6 is 0 Å². The van der Waals surface area contributed by atoms with Crippen molar-refractivity contribution in [2.45, 2.75) is 25.5 Å². The van der Waals surface area contributed by atoms with Gasteiger partial charge in [0.25, 0.3) is 0 Å². The highest BCUT2D eigenvalue weighted by molar-refractivity contribution is 5.82. The number of carbonyl (C=O) groups is 1. The lowest BCUT2D eigenvalue weighted by Crippen LogP contribution is -2.34. The molecule has 1 aliphatic rings. The molecule has 0 aromatic heterocycles. The van der Waals surface area contributed by atoms with Gasteiger partial charge in [-0.3, -0.25) is 4.79 Å². The van der Waals surface area contributed by atoms with Crippen LogP contribution in [0.5, 0.6) is 5.75 Å². The third-order valence-corrected chi connectivity index (χ3v) is 4.21. The molecule has 0 bridgehead atoms. The third-order valence-electron chi connectivity index (χ3n) is 4.21. The quantitative estimate of drug-likeness (QED) is 0.798. The Morgan fingerprint density at radius 2 is 1.92 bits per heavy atom. The molecule has 0 aliphatic heterocycles. The van der Waals surface area contributed by atoms with Gasteiger partial charge >= 0.3 is 0 Å². The average molecular weight is 343 g/mol. The normalized spacial score (nSPS) is 19.9. The molecule has 5 heteroatoms. The van der Waals surface area contributed by atoms with Crippen LogP contribution in [0.1, 0.15) is 24.9 Å². The van der Waals surface area contributed by atoms with E-state index in [2.05, 4.69) is 5.32 Å². The third kappa shape index (κ3) is 4.57. The molecule has 1 amide bonds. The van der Waals surface area contributed by atoms with E-state index in [4.69, 9.17) is 9.47 Å². The Kier molecular flexibility index (Phi) is 5.66. The molecule has 0 radical (unpaired) electrons. The first-order valence-corrected chi connectivity index (χ1v) is 8.53. The van der Waals surface area contributed by atoms with E-state index in [-0.39, 0.29) is 36.3 Å². The van der Waals surface area contributed by atoms with Crippen LogP contribution in [0.25, 0.3) is 0 Å². The lowest BCUT2D eigenvalue weighted by Gasteiger charge is -2.20. The molecule has 1 fully saturated rings. The fourth-order valence-corrected chi connectivity index (χ4v) is 2.77. The molecule has 0 heterocycles. The van der Waals surface area contributed by atoms with Gasteiger partial charge in [0, 0.05) is 6.61 Å². The zero-order valence-electron chi connectivity index (χ0n) is 14.2. The Bertz CT molecular complexity index is 707. The molecule has 3 rings (SSSR count). The van der Waals surface area contributed by atoms with Crippen LogP contribution < -0.4 is 10.1 Å². The number of nitrogens with one attached hydrogen (secondary N) is 1. The monoisotopic (exact) mass is 343 g/mol. The van der Waals surface area contributed by atoms with Gasteiger partial charge in [-0.1, -0.05) is 42.5 Å². The van der Waals surface area contributed by atoms with Gasteiger partial charge in [0.2, 0.25) is 5.91 Å². The summed E-state index contributed by atoms with van der Waals surface area (Å²) >= 11 is 0. The first kappa shape index (κ1) is 17.4. The number of hydrogen-bond donors (Lipinski definition) is 1. The smallest absolute Gasteiger partial charge is 0.226 e. The molecule has 3 atom stereocenters. The maximum absolute atomic E-state index is 13.8. The highest BCUT2D eigenvalue weighted by Gasteiger charge is 2.44. The van der Waals surface area contributed by atoms with Gasteiger partial charge < -0.3 is 14.8 Å². The van der Waals surface area contributed by atoms with Gasteiger partial charge in [-0.05, 0) is 31.0 Å². The molecule has 1 N–H and O–H groups in total. The molecule has 4 nitrogen and oxygen atoms in total. The number of para-hydroxylation sites is 1. The van der Waals surface area contributed by atoms with E-state index < -0.39 is 5.82 Å². The predicted octanol–water partition coefficient (Wildman–Crippen LogP) is 3.49. The van der Waals surface area contributed by atoms with Crippen LogP contribution in [0.15, 0.2) is 54.6 Å². The molecule has 3 unspecified atom stereocenters. The predicted molar refractivity (Wildman–Crippen MR) is 92.7 cm³/mol. The summed E-state index contributed by atoms with van der Waals surface area (Å²) in [7, 11) is 0. The SMILES string of the molecule is CCOC1CC1C(=O)NC(COc1ccccc1F)c1ccccc1. The zero-order chi connectivity index (χ0) is 17.6. The van der Waals surface area contributed by atoms with Crippen LogP contribution in [0.2, 0.25) is 0 Å². The number of rotatable bonds is 8. The van der Waals surface area contributed by atoms with Gasteiger partial charge in [-0.25, -0.2) is 4.39 Å². The highest BCUT2D eigenvalue weighted by Crippen LogP contribution is 2.34. The topological polar surface area (TPSA) is 47.6 Å². The van der Waals surface area contributed by atoms with Gasteiger partial charge in [0.15, 0.2) is 11.6 Å². The molecule has 1 aliphatic carbocycles. The van der Waals surface area contributed by atoms with Gasteiger partial charge in [0.1, 0.15) is 6.61 Å². The minimum absolute atomic E-state index is 0.00825. The van der Waals surface area contributed by atoms with E-state index in [9.17, 15) is 9.18 Å². The van der Waals surface area contributed by atoms with Crippen LogP contribution in [0.3, 0.4) is 0 Å². The zero-order valence-corrected chi connectivity index (χ0v) is 14.2. The lowest BCUT2D eigenvalue weighted by molar-refractivity contribution is -0.124. The first-order chi connectivity index (χ1) is 12.2. The Morgan fingerprint density at radius 1 is 1.20 bits per heavy atom. The second-order valence-corrected chi connectivity index (χ2v) is 6.05. The largest absolute Gasteiger partial charge is 0.488 e. The maximum atomic E-state index is 13.8. The molecular weight excluding hydrogens is 321 g/mol. The van der Waals surface area contributed by atoms with E-state index in [1.54, 1.807) is 18.2 Å².